The van der Waals surface area contributed by atoms with E-state index in [1.807, 2.05) is 4.90 Å². The highest BCUT2D eigenvalue weighted by molar-refractivity contribution is 5.81. The molecule has 0 bridgehead atoms. The van der Waals surface area contributed by atoms with Gasteiger partial charge in [0.25, 0.3) is 0 Å². The molecular formula is C19H27NO2. The number of carbonyl (C=O) groups excluding carboxylic acids is 1. The maximum absolute atomic E-state index is 12.4. The van der Waals surface area contributed by atoms with E-state index in [0.29, 0.717) is 11.8 Å². The topological polar surface area (TPSA) is 40.5 Å². The standard InChI is InChI=1S/C19H27NO2/c21-17-10-12-20(13-11-17)19(22)18-14-16(18)9-5-4-8-15-6-2-1-3-7-15/h1-3,6-7,16-18,21H,4-5,8-14H2. The molecule has 120 valence electrons. The van der Waals surface area contributed by atoms with Gasteiger partial charge in [0.2, 0.25) is 5.91 Å². The van der Waals surface area contributed by atoms with Crippen LogP contribution in [-0.2, 0) is 11.2 Å². The molecule has 1 N–H and O–H groups in total. The van der Waals surface area contributed by atoms with Crippen molar-refractivity contribution in [1.82, 2.24) is 4.90 Å². The number of nitrogens with zero attached hydrogens (tertiary/aromatic N) is 1. The Balaban J connectivity index is 1.32. The molecule has 3 nitrogen and oxygen atoms in total. The van der Waals surface area contributed by atoms with Gasteiger partial charge in [0.1, 0.15) is 0 Å². The number of hydrogen-bond acceptors (Lipinski definition) is 2. The number of aryl methyl sites for hydroxylation is 1. The number of carbonyl (C=O) groups is 1. The minimum Gasteiger partial charge on any atom is -0.393 e. The van der Waals surface area contributed by atoms with Crippen molar-refractivity contribution < 1.29 is 9.90 Å². The van der Waals surface area contributed by atoms with E-state index in [-0.39, 0.29) is 12.0 Å². The van der Waals surface area contributed by atoms with Gasteiger partial charge in [0.05, 0.1) is 6.10 Å². The number of unbranched alkanes of at least 4 members (excludes halogenated alkanes) is 1. The first-order valence-corrected chi connectivity index (χ1v) is 8.75. The van der Waals surface area contributed by atoms with Crippen molar-refractivity contribution in [3.8, 4) is 0 Å². The normalized spacial score (nSPS) is 25.2. The van der Waals surface area contributed by atoms with Crippen molar-refractivity contribution in [1.29, 1.82) is 0 Å². The predicted octanol–water partition coefficient (Wildman–Crippen LogP) is 3.02. The third kappa shape index (κ3) is 4.10. The molecule has 1 aliphatic heterocycles. The van der Waals surface area contributed by atoms with E-state index in [0.717, 1.165) is 38.8 Å². The van der Waals surface area contributed by atoms with Crippen molar-refractivity contribution in [3.05, 3.63) is 35.9 Å². The van der Waals surface area contributed by atoms with Gasteiger partial charge in [0.15, 0.2) is 0 Å². The Morgan fingerprint density at radius 3 is 2.59 bits per heavy atom. The van der Waals surface area contributed by atoms with Crippen LogP contribution >= 0.6 is 0 Å². The number of aliphatic hydroxyl groups is 1. The number of amides is 1. The summed E-state index contributed by atoms with van der Waals surface area (Å²) >= 11 is 0. The first-order valence-electron chi connectivity index (χ1n) is 8.75. The van der Waals surface area contributed by atoms with Crippen LogP contribution in [0.25, 0.3) is 0 Å². The fourth-order valence-electron chi connectivity index (χ4n) is 3.57. The summed E-state index contributed by atoms with van der Waals surface area (Å²) in [6.07, 6.45) is 7.18. The minimum absolute atomic E-state index is 0.197. The summed E-state index contributed by atoms with van der Waals surface area (Å²) in [7, 11) is 0. The Bertz CT molecular complexity index is 479. The van der Waals surface area contributed by atoms with Crippen LogP contribution in [-0.4, -0.2) is 35.1 Å². The van der Waals surface area contributed by atoms with E-state index in [9.17, 15) is 9.90 Å². The number of piperidine rings is 1. The lowest BCUT2D eigenvalue weighted by Gasteiger charge is -2.29. The number of aliphatic hydroxyl groups excluding tert-OH is 1. The van der Waals surface area contributed by atoms with Crippen molar-refractivity contribution in [2.75, 3.05) is 13.1 Å². The average Bonchev–Trinajstić information content (AvgIpc) is 3.32. The molecule has 0 radical (unpaired) electrons. The molecule has 1 aromatic rings. The Kier molecular flexibility index (Phi) is 5.14. The van der Waals surface area contributed by atoms with Gasteiger partial charge in [-0.05, 0) is 50.0 Å². The molecule has 1 aliphatic carbocycles. The molecule has 2 atom stereocenters. The molecule has 2 fully saturated rings. The summed E-state index contributed by atoms with van der Waals surface area (Å²) in [5.74, 6) is 1.25. The van der Waals surface area contributed by atoms with Crippen molar-refractivity contribution in [2.24, 2.45) is 11.8 Å². The molecule has 3 rings (SSSR count). The Morgan fingerprint density at radius 1 is 1.14 bits per heavy atom. The SMILES string of the molecule is O=C(C1CC1CCCCc1ccccc1)N1CCC(O)CC1. The second-order valence-corrected chi connectivity index (χ2v) is 6.89. The lowest BCUT2D eigenvalue weighted by Crippen LogP contribution is -2.41. The highest BCUT2D eigenvalue weighted by Gasteiger charge is 2.44. The first-order chi connectivity index (χ1) is 10.7. The zero-order valence-corrected chi connectivity index (χ0v) is 13.3. The van der Waals surface area contributed by atoms with Crippen LogP contribution in [0.3, 0.4) is 0 Å². The number of hydrogen-bond donors (Lipinski definition) is 1. The number of likely N-dealkylation sites (tertiary alicyclic amines) is 1. The summed E-state index contributed by atoms with van der Waals surface area (Å²) in [6.45, 7) is 1.49. The quantitative estimate of drug-likeness (QED) is 0.821. The van der Waals surface area contributed by atoms with E-state index in [2.05, 4.69) is 30.3 Å². The monoisotopic (exact) mass is 301 g/mol. The van der Waals surface area contributed by atoms with E-state index in [1.54, 1.807) is 0 Å². The summed E-state index contributed by atoms with van der Waals surface area (Å²) in [6, 6.07) is 10.6. The molecule has 2 aliphatic rings. The number of rotatable bonds is 6. The van der Waals surface area contributed by atoms with Gasteiger partial charge in [-0.1, -0.05) is 36.8 Å². The molecule has 1 heterocycles. The predicted molar refractivity (Wildman–Crippen MR) is 87.4 cm³/mol. The molecule has 22 heavy (non-hydrogen) atoms. The molecule has 2 unspecified atom stereocenters. The second kappa shape index (κ2) is 7.28. The number of benzene rings is 1. The lowest BCUT2D eigenvalue weighted by atomic mass is 10.0. The zero-order chi connectivity index (χ0) is 15.4. The van der Waals surface area contributed by atoms with Gasteiger partial charge in [-0.2, -0.15) is 0 Å². The van der Waals surface area contributed by atoms with Gasteiger partial charge < -0.3 is 10.0 Å². The Morgan fingerprint density at radius 2 is 1.86 bits per heavy atom. The van der Waals surface area contributed by atoms with Gasteiger partial charge >= 0.3 is 0 Å². The van der Waals surface area contributed by atoms with E-state index < -0.39 is 0 Å². The first kappa shape index (κ1) is 15.5. The average molecular weight is 301 g/mol. The van der Waals surface area contributed by atoms with Crippen LogP contribution in [0, 0.1) is 11.8 Å². The van der Waals surface area contributed by atoms with Crippen LogP contribution in [0.4, 0.5) is 0 Å². The molecule has 3 heteroatoms. The maximum atomic E-state index is 12.4. The van der Waals surface area contributed by atoms with E-state index >= 15 is 0 Å². The van der Waals surface area contributed by atoms with E-state index in [1.165, 1.54) is 24.8 Å². The highest BCUT2D eigenvalue weighted by atomic mass is 16.3. The van der Waals surface area contributed by atoms with Gasteiger partial charge in [-0.3, -0.25) is 4.79 Å². The third-order valence-electron chi connectivity index (χ3n) is 5.15. The molecule has 1 aromatic carbocycles. The summed E-state index contributed by atoms with van der Waals surface area (Å²) < 4.78 is 0. The molecule has 0 spiro atoms. The highest BCUT2D eigenvalue weighted by Crippen LogP contribution is 2.44. The minimum atomic E-state index is -0.197. The Labute approximate surface area is 133 Å². The van der Waals surface area contributed by atoms with Crippen LogP contribution in [0.5, 0.6) is 0 Å². The van der Waals surface area contributed by atoms with Crippen LogP contribution in [0.15, 0.2) is 30.3 Å². The van der Waals surface area contributed by atoms with Crippen molar-refractivity contribution >= 4 is 5.91 Å². The van der Waals surface area contributed by atoms with Gasteiger partial charge in [-0.15, -0.1) is 0 Å². The Hall–Kier alpha value is -1.35. The summed E-state index contributed by atoms with van der Waals surface area (Å²) in [5.41, 5.74) is 1.41. The fraction of sp³-hybridized carbons (Fsp3) is 0.632. The second-order valence-electron chi connectivity index (χ2n) is 6.89. The zero-order valence-electron chi connectivity index (χ0n) is 13.3. The molecule has 1 saturated heterocycles. The largest absolute Gasteiger partial charge is 0.393 e. The third-order valence-corrected chi connectivity index (χ3v) is 5.15. The molecular weight excluding hydrogens is 274 g/mol. The summed E-state index contributed by atoms with van der Waals surface area (Å²) in [4.78, 5) is 14.3. The van der Waals surface area contributed by atoms with Crippen molar-refractivity contribution in [3.63, 3.8) is 0 Å². The molecule has 1 amide bonds. The van der Waals surface area contributed by atoms with Crippen LogP contribution in [0.1, 0.15) is 44.1 Å². The fourth-order valence-corrected chi connectivity index (χ4v) is 3.57. The lowest BCUT2D eigenvalue weighted by molar-refractivity contribution is -0.134. The maximum Gasteiger partial charge on any atom is 0.225 e. The molecule has 0 aromatic heterocycles. The van der Waals surface area contributed by atoms with Crippen LogP contribution in [0.2, 0.25) is 0 Å². The van der Waals surface area contributed by atoms with E-state index in [4.69, 9.17) is 0 Å². The van der Waals surface area contributed by atoms with Gasteiger partial charge in [0, 0.05) is 19.0 Å². The summed E-state index contributed by atoms with van der Waals surface area (Å²) in [5, 5.41) is 9.51. The smallest absolute Gasteiger partial charge is 0.225 e. The van der Waals surface area contributed by atoms with Crippen molar-refractivity contribution in [2.45, 2.75) is 51.0 Å². The van der Waals surface area contributed by atoms with Crippen LogP contribution < -0.4 is 0 Å². The van der Waals surface area contributed by atoms with Gasteiger partial charge in [-0.25, -0.2) is 0 Å². The molecule has 1 saturated carbocycles.